The van der Waals surface area contributed by atoms with Crippen molar-refractivity contribution in [3.05, 3.63) is 70.3 Å². The Morgan fingerprint density at radius 2 is 1.69 bits per heavy atom. The summed E-state index contributed by atoms with van der Waals surface area (Å²) in [5.74, 6) is 0.0434. The SMILES string of the molecule is O=C(O)CCc1ccc(OCC2=C(c3ccc(Cl)cc3)CCCC2)cc1. The molecule has 0 fully saturated rings. The summed E-state index contributed by atoms with van der Waals surface area (Å²) < 4.78 is 6.00. The number of carbonyl (C=O) groups is 1. The third kappa shape index (κ3) is 5.12. The number of benzene rings is 2. The molecule has 0 spiro atoms. The summed E-state index contributed by atoms with van der Waals surface area (Å²) in [6, 6.07) is 15.8. The summed E-state index contributed by atoms with van der Waals surface area (Å²) in [6.45, 7) is 0.590. The summed E-state index contributed by atoms with van der Waals surface area (Å²) in [5, 5.41) is 9.51. The number of aryl methyl sites for hydroxylation is 1. The molecule has 4 heteroatoms. The molecule has 26 heavy (non-hydrogen) atoms. The third-order valence-electron chi connectivity index (χ3n) is 4.74. The Labute approximate surface area is 159 Å². The van der Waals surface area contributed by atoms with Gasteiger partial charge in [0.05, 0.1) is 0 Å². The van der Waals surface area contributed by atoms with Gasteiger partial charge in [-0.2, -0.15) is 0 Å². The van der Waals surface area contributed by atoms with Crippen LogP contribution in [0.2, 0.25) is 5.02 Å². The molecule has 0 aromatic heterocycles. The lowest BCUT2D eigenvalue weighted by Crippen LogP contribution is -2.08. The average Bonchev–Trinajstić information content (AvgIpc) is 2.66. The molecule has 1 aliphatic carbocycles. The van der Waals surface area contributed by atoms with Gasteiger partial charge in [0.25, 0.3) is 0 Å². The number of aliphatic carboxylic acids is 1. The molecule has 1 aliphatic rings. The Bertz CT molecular complexity index is 776. The summed E-state index contributed by atoms with van der Waals surface area (Å²) in [6.07, 6.45) is 5.24. The van der Waals surface area contributed by atoms with Crippen LogP contribution in [0.15, 0.2) is 54.1 Å². The number of allylic oxidation sites excluding steroid dienone is 1. The van der Waals surface area contributed by atoms with Crippen LogP contribution in [0.3, 0.4) is 0 Å². The quantitative estimate of drug-likeness (QED) is 0.673. The highest BCUT2D eigenvalue weighted by molar-refractivity contribution is 6.30. The van der Waals surface area contributed by atoms with Gasteiger partial charge in [0.2, 0.25) is 0 Å². The van der Waals surface area contributed by atoms with Gasteiger partial charge in [-0.25, -0.2) is 0 Å². The fraction of sp³-hybridized carbons (Fsp3) is 0.318. The number of rotatable bonds is 7. The van der Waals surface area contributed by atoms with Crippen molar-refractivity contribution in [3.63, 3.8) is 0 Å². The van der Waals surface area contributed by atoms with Crippen molar-refractivity contribution in [1.29, 1.82) is 0 Å². The minimum atomic E-state index is -0.774. The molecule has 0 saturated carbocycles. The first-order valence-corrected chi connectivity index (χ1v) is 9.40. The van der Waals surface area contributed by atoms with Crippen molar-refractivity contribution in [2.75, 3.05) is 6.61 Å². The van der Waals surface area contributed by atoms with E-state index in [1.807, 2.05) is 36.4 Å². The molecule has 1 N–H and O–H groups in total. The highest BCUT2D eigenvalue weighted by Crippen LogP contribution is 2.33. The van der Waals surface area contributed by atoms with E-state index in [1.54, 1.807) is 0 Å². The molecule has 0 aliphatic heterocycles. The molecular weight excluding hydrogens is 348 g/mol. The van der Waals surface area contributed by atoms with Crippen molar-refractivity contribution in [2.45, 2.75) is 38.5 Å². The zero-order valence-corrected chi connectivity index (χ0v) is 15.5. The van der Waals surface area contributed by atoms with Crippen LogP contribution < -0.4 is 4.74 Å². The molecule has 0 unspecified atom stereocenters. The van der Waals surface area contributed by atoms with Crippen molar-refractivity contribution in [1.82, 2.24) is 0 Å². The van der Waals surface area contributed by atoms with E-state index < -0.39 is 5.97 Å². The second-order valence-corrected chi connectivity index (χ2v) is 7.06. The predicted octanol–water partition coefficient (Wildman–Crippen LogP) is 5.76. The number of carboxylic acids is 1. The first kappa shape index (κ1) is 18.5. The Hall–Kier alpha value is -2.26. The van der Waals surface area contributed by atoms with Crippen LogP contribution in [-0.2, 0) is 11.2 Å². The lowest BCUT2D eigenvalue weighted by atomic mass is 9.88. The molecule has 3 rings (SSSR count). The van der Waals surface area contributed by atoms with Crippen LogP contribution >= 0.6 is 11.6 Å². The van der Waals surface area contributed by atoms with Crippen LogP contribution in [-0.4, -0.2) is 17.7 Å². The normalized spacial score (nSPS) is 14.3. The van der Waals surface area contributed by atoms with Gasteiger partial charge in [-0.3, -0.25) is 4.79 Å². The highest BCUT2D eigenvalue weighted by Gasteiger charge is 2.15. The monoisotopic (exact) mass is 370 g/mol. The van der Waals surface area contributed by atoms with Gasteiger partial charge in [-0.15, -0.1) is 0 Å². The van der Waals surface area contributed by atoms with Crippen LogP contribution in [0, 0.1) is 0 Å². The fourth-order valence-corrected chi connectivity index (χ4v) is 3.43. The molecular formula is C22H23ClO3. The Morgan fingerprint density at radius 1 is 1.00 bits per heavy atom. The topological polar surface area (TPSA) is 46.5 Å². The van der Waals surface area contributed by atoms with Crippen LogP contribution in [0.25, 0.3) is 5.57 Å². The van der Waals surface area contributed by atoms with Crippen molar-refractivity contribution >= 4 is 23.1 Å². The summed E-state index contributed by atoms with van der Waals surface area (Å²) >= 11 is 6.01. The Morgan fingerprint density at radius 3 is 2.38 bits per heavy atom. The second kappa shape index (κ2) is 8.91. The van der Waals surface area contributed by atoms with Crippen LogP contribution in [0.1, 0.15) is 43.2 Å². The van der Waals surface area contributed by atoms with E-state index in [2.05, 4.69) is 12.1 Å². The maximum Gasteiger partial charge on any atom is 0.303 e. The zero-order chi connectivity index (χ0) is 18.4. The number of ether oxygens (including phenoxy) is 1. The van der Waals surface area contributed by atoms with Crippen molar-refractivity contribution in [3.8, 4) is 5.75 Å². The zero-order valence-electron chi connectivity index (χ0n) is 14.7. The lowest BCUT2D eigenvalue weighted by molar-refractivity contribution is -0.136. The van der Waals surface area contributed by atoms with Crippen molar-refractivity contribution < 1.29 is 14.6 Å². The Kier molecular flexibility index (Phi) is 6.35. The first-order chi connectivity index (χ1) is 12.6. The molecule has 0 bridgehead atoms. The second-order valence-electron chi connectivity index (χ2n) is 6.62. The van der Waals surface area contributed by atoms with Crippen molar-refractivity contribution in [2.24, 2.45) is 0 Å². The van der Waals surface area contributed by atoms with Gasteiger partial charge in [0, 0.05) is 11.4 Å². The third-order valence-corrected chi connectivity index (χ3v) is 4.99. The summed E-state index contributed by atoms with van der Waals surface area (Å²) in [5.41, 5.74) is 4.98. The molecule has 0 atom stereocenters. The Balaban J connectivity index is 1.66. The van der Waals surface area contributed by atoms with Gasteiger partial charge < -0.3 is 9.84 Å². The van der Waals surface area contributed by atoms with E-state index in [9.17, 15) is 4.79 Å². The van der Waals surface area contributed by atoms with E-state index in [0.717, 1.165) is 29.2 Å². The molecule has 136 valence electrons. The van der Waals surface area contributed by atoms with Gasteiger partial charge in [-0.05, 0) is 78.6 Å². The van der Waals surface area contributed by atoms with Crippen LogP contribution in [0.4, 0.5) is 0 Å². The molecule has 3 nitrogen and oxygen atoms in total. The smallest absolute Gasteiger partial charge is 0.303 e. The first-order valence-electron chi connectivity index (χ1n) is 9.02. The largest absolute Gasteiger partial charge is 0.489 e. The van der Waals surface area contributed by atoms with E-state index in [1.165, 1.54) is 29.6 Å². The van der Waals surface area contributed by atoms with E-state index in [4.69, 9.17) is 21.4 Å². The van der Waals surface area contributed by atoms with Crippen LogP contribution in [0.5, 0.6) is 5.75 Å². The highest BCUT2D eigenvalue weighted by atomic mass is 35.5. The van der Waals surface area contributed by atoms with E-state index in [0.29, 0.717) is 13.0 Å². The molecule has 2 aromatic carbocycles. The average molecular weight is 371 g/mol. The predicted molar refractivity (Wildman–Crippen MR) is 105 cm³/mol. The van der Waals surface area contributed by atoms with Gasteiger partial charge in [0.1, 0.15) is 12.4 Å². The molecule has 0 radical (unpaired) electrons. The molecule has 0 heterocycles. The number of halogens is 1. The number of hydrogen-bond donors (Lipinski definition) is 1. The number of hydrogen-bond acceptors (Lipinski definition) is 2. The molecule has 0 saturated heterocycles. The summed E-state index contributed by atoms with van der Waals surface area (Å²) in [7, 11) is 0. The van der Waals surface area contributed by atoms with Gasteiger partial charge in [-0.1, -0.05) is 35.9 Å². The lowest BCUT2D eigenvalue weighted by Gasteiger charge is -2.21. The van der Waals surface area contributed by atoms with E-state index in [-0.39, 0.29) is 6.42 Å². The maximum absolute atomic E-state index is 10.6. The standard InChI is InChI=1S/C22H23ClO3/c23-19-10-8-17(9-11-19)21-4-2-1-3-18(21)15-26-20-12-5-16(6-13-20)7-14-22(24)25/h5-6,8-13H,1-4,7,14-15H2,(H,24,25). The minimum absolute atomic E-state index is 0.150. The van der Waals surface area contributed by atoms with Gasteiger partial charge >= 0.3 is 5.97 Å². The molecule has 0 amide bonds. The molecule has 2 aromatic rings. The van der Waals surface area contributed by atoms with Gasteiger partial charge in [0.15, 0.2) is 0 Å². The van der Waals surface area contributed by atoms with E-state index >= 15 is 0 Å². The fourth-order valence-electron chi connectivity index (χ4n) is 3.30. The summed E-state index contributed by atoms with van der Waals surface area (Å²) in [4.78, 5) is 10.6. The number of carboxylic acid groups (broad SMARTS) is 1. The maximum atomic E-state index is 10.6. The minimum Gasteiger partial charge on any atom is -0.489 e.